The monoisotopic (exact) mass is 176 g/mol. The maximum atomic E-state index is 10.4. The van der Waals surface area contributed by atoms with E-state index in [1.807, 2.05) is 0 Å². The molecule has 0 atom stereocenters. The molecule has 0 fully saturated rings. The first kappa shape index (κ1) is 12.9. The van der Waals surface area contributed by atoms with Gasteiger partial charge in [0.2, 0.25) is 0 Å². The number of carbonyl (C=O) groups excluding carboxylic acids is 1. The molecular weight excluding hydrogens is 164 g/mol. The fourth-order valence-electron chi connectivity index (χ4n) is 0.254. The van der Waals surface area contributed by atoms with Crippen LogP contribution in [0.25, 0.3) is 0 Å². The van der Waals surface area contributed by atoms with Crippen molar-refractivity contribution in [3.63, 3.8) is 0 Å². The average Bonchev–Trinajstić information content (AvgIpc) is 1.90. The summed E-state index contributed by atoms with van der Waals surface area (Å²) < 4.78 is 4.56. The Balaban J connectivity index is 0. The minimum atomic E-state index is -0.312. The topological polar surface area (TPSA) is 26.3 Å². The van der Waals surface area contributed by atoms with E-state index in [1.54, 1.807) is 13.8 Å². The molecule has 0 rings (SSSR count). The molecule has 0 spiro atoms. The molecule has 2 nitrogen and oxygen atoms in total. The van der Waals surface area contributed by atoms with Crippen LogP contribution in [0, 0.1) is 0 Å². The summed E-state index contributed by atoms with van der Waals surface area (Å²) in [4.78, 5) is 10.4. The van der Waals surface area contributed by atoms with E-state index >= 15 is 0 Å². The van der Waals surface area contributed by atoms with Crippen LogP contribution < -0.4 is 0 Å². The number of rotatable bonds is 2. The van der Waals surface area contributed by atoms with Crippen molar-refractivity contribution in [2.45, 2.75) is 13.8 Å². The van der Waals surface area contributed by atoms with E-state index in [2.05, 4.69) is 17.9 Å². The third-order valence-corrected chi connectivity index (χ3v) is 0.624. The number of halogens is 1. The zero-order valence-corrected chi connectivity index (χ0v) is 7.65. The number of hydrogen-bond donors (Lipinski definition) is 0. The molecule has 0 aromatic heterocycles. The molecule has 64 valence electrons. The molecule has 0 aromatic carbocycles. The van der Waals surface area contributed by atoms with Crippen molar-refractivity contribution in [1.29, 1.82) is 0 Å². The van der Waals surface area contributed by atoms with Crippen molar-refractivity contribution < 1.29 is 9.53 Å². The first-order chi connectivity index (χ1) is 5.09. The molecule has 0 saturated carbocycles. The lowest BCUT2D eigenvalue weighted by Crippen LogP contribution is -2.03. The zero-order valence-electron chi connectivity index (χ0n) is 6.89. The number of ether oxygens (including phenoxy) is 1. The van der Waals surface area contributed by atoms with Crippen LogP contribution in [0.2, 0.25) is 0 Å². The van der Waals surface area contributed by atoms with Crippen molar-refractivity contribution in [3.05, 3.63) is 24.3 Å². The van der Waals surface area contributed by atoms with Gasteiger partial charge in [-0.1, -0.05) is 24.8 Å². The van der Waals surface area contributed by atoms with E-state index in [-0.39, 0.29) is 5.97 Å². The normalized spacial score (nSPS) is 7.18. The van der Waals surface area contributed by atoms with Gasteiger partial charge in [-0.15, -0.1) is 0 Å². The number of hydrogen-bond acceptors (Lipinski definition) is 2. The second-order valence-corrected chi connectivity index (χ2v) is 1.96. The third-order valence-electron chi connectivity index (χ3n) is 0.624. The standard InChI is InChI=1S/C6H10O2.C2H3Cl/c1-4-8-6(7)5(2)3;1-2-3/h2,4H2,1,3H3;2H,1H2. The second-order valence-electron chi connectivity index (χ2n) is 1.66. The molecule has 0 unspecified atom stereocenters. The summed E-state index contributed by atoms with van der Waals surface area (Å²) in [5, 5.41) is 0. The van der Waals surface area contributed by atoms with Crippen LogP contribution in [0.5, 0.6) is 0 Å². The van der Waals surface area contributed by atoms with Crippen molar-refractivity contribution in [2.24, 2.45) is 0 Å². The van der Waals surface area contributed by atoms with Crippen LogP contribution >= 0.6 is 11.6 Å². The van der Waals surface area contributed by atoms with E-state index in [1.165, 1.54) is 5.54 Å². The van der Waals surface area contributed by atoms with E-state index in [4.69, 9.17) is 11.6 Å². The molecule has 0 aliphatic rings. The molecule has 0 aromatic rings. The quantitative estimate of drug-likeness (QED) is 0.477. The molecule has 0 aliphatic heterocycles. The fourth-order valence-corrected chi connectivity index (χ4v) is 0.254. The predicted octanol–water partition coefficient (Wildman–Crippen LogP) is 2.49. The van der Waals surface area contributed by atoms with Gasteiger partial charge in [0, 0.05) is 5.57 Å². The van der Waals surface area contributed by atoms with Crippen LogP contribution in [0.4, 0.5) is 0 Å². The first-order valence-electron chi connectivity index (χ1n) is 3.13. The van der Waals surface area contributed by atoms with E-state index < -0.39 is 0 Å². The smallest absolute Gasteiger partial charge is 0.333 e. The molecule has 0 aliphatic carbocycles. The van der Waals surface area contributed by atoms with Gasteiger partial charge in [0.15, 0.2) is 0 Å². The van der Waals surface area contributed by atoms with Crippen LogP contribution in [0.3, 0.4) is 0 Å². The average molecular weight is 177 g/mol. The zero-order chi connectivity index (χ0) is 9.28. The van der Waals surface area contributed by atoms with Crippen molar-refractivity contribution in [3.8, 4) is 0 Å². The molecular formula is C8H13ClO2. The highest BCUT2D eigenvalue weighted by molar-refractivity contribution is 6.25. The minimum Gasteiger partial charge on any atom is -0.463 e. The highest BCUT2D eigenvalue weighted by Crippen LogP contribution is 1.89. The van der Waals surface area contributed by atoms with E-state index in [0.29, 0.717) is 12.2 Å². The molecule has 3 heteroatoms. The van der Waals surface area contributed by atoms with Gasteiger partial charge in [-0.05, 0) is 19.4 Å². The Kier molecular flexibility index (Phi) is 10.8. The molecule has 0 amide bonds. The first-order valence-corrected chi connectivity index (χ1v) is 3.57. The van der Waals surface area contributed by atoms with Gasteiger partial charge in [-0.3, -0.25) is 0 Å². The summed E-state index contributed by atoms with van der Waals surface area (Å²) in [6, 6.07) is 0. The fraction of sp³-hybridized carbons (Fsp3) is 0.375. The van der Waals surface area contributed by atoms with Gasteiger partial charge < -0.3 is 4.74 Å². The number of carbonyl (C=O) groups is 1. The molecule has 0 N–H and O–H groups in total. The summed E-state index contributed by atoms with van der Waals surface area (Å²) in [7, 11) is 0. The molecule has 11 heavy (non-hydrogen) atoms. The molecule has 0 radical (unpaired) electrons. The Morgan fingerprint density at radius 2 is 2.09 bits per heavy atom. The molecule has 0 bridgehead atoms. The van der Waals surface area contributed by atoms with Crippen LogP contribution in [-0.4, -0.2) is 12.6 Å². The van der Waals surface area contributed by atoms with Gasteiger partial charge in [0.1, 0.15) is 0 Å². The van der Waals surface area contributed by atoms with E-state index in [9.17, 15) is 4.79 Å². The van der Waals surface area contributed by atoms with Gasteiger partial charge >= 0.3 is 5.97 Å². The highest BCUT2D eigenvalue weighted by atomic mass is 35.5. The lowest BCUT2D eigenvalue weighted by molar-refractivity contribution is -0.138. The lowest BCUT2D eigenvalue weighted by atomic mass is 10.4. The Bertz CT molecular complexity index is 141. The predicted molar refractivity (Wildman–Crippen MR) is 47.5 cm³/mol. The Morgan fingerprint density at radius 1 is 1.73 bits per heavy atom. The van der Waals surface area contributed by atoms with Crippen molar-refractivity contribution in [2.75, 3.05) is 6.61 Å². The minimum absolute atomic E-state index is 0.312. The SMILES string of the molecule is C=C(C)C(=O)OCC.C=CCl. The number of esters is 1. The Hall–Kier alpha value is -0.760. The Labute approximate surface area is 72.5 Å². The van der Waals surface area contributed by atoms with Gasteiger partial charge in [0.25, 0.3) is 0 Å². The highest BCUT2D eigenvalue weighted by Gasteiger charge is 1.98. The summed E-state index contributed by atoms with van der Waals surface area (Å²) in [6.45, 7) is 10.3. The molecule has 0 heterocycles. The van der Waals surface area contributed by atoms with Gasteiger partial charge in [0.05, 0.1) is 6.61 Å². The maximum absolute atomic E-state index is 10.4. The summed E-state index contributed by atoms with van der Waals surface area (Å²) in [5.41, 5.74) is 1.67. The van der Waals surface area contributed by atoms with Crippen molar-refractivity contribution in [1.82, 2.24) is 0 Å². The Morgan fingerprint density at radius 3 is 2.18 bits per heavy atom. The van der Waals surface area contributed by atoms with Crippen LogP contribution in [0.1, 0.15) is 13.8 Å². The van der Waals surface area contributed by atoms with E-state index in [0.717, 1.165) is 0 Å². The summed E-state index contributed by atoms with van der Waals surface area (Å²) in [6.07, 6.45) is 0. The van der Waals surface area contributed by atoms with Crippen molar-refractivity contribution >= 4 is 17.6 Å². The second kappa shape index (κ2) is 9.24. The van der Waals surface area contributed by atoms with Crippen LogP contribution in [-0.2, 0) is 9.53 Å². The summed E-state index contributed by atoms with van der Waals surface area (Å²) >= 11 is 4.76. The maximum Gasteiger partial charge on any atom is 0.333 e. The largest absolute Gasteiger partial charge is 0.463 e. The van der Waals surface area contributed by atoms with Gasteiger partial charge in [-0.2, -0.15) is 0 Å². The molecule has 0 saturated heterocycles. The summed E-state index contributed by atoms with van der Waals surface area (Å²) in [5.74, 6) is -0.312. The van der Waals surface area contributed by atoms with Crippen LogP contribution in [0.15, 0.2) is 24.3 Å². The third kappa shape index (κ3) is 12.4. The lowest BCUT2D eigenvalue weighted by Gasteiger charge is -1.96. The van der Waals surface area contributed by atoms with Gasteiger partial charge in [-0.25, -0.2) is 4.79 Å².